The Balaban J connectivity index is 2.25. The van der Waals surface area contributed by atoms with Crippen LogP contribution in [0.15, 0.2) is 36.5 Å². The number of aryl methyl sites for hydroxylation is 1. The maximum Gasteiger partial charge on any atom is 0.0723 e. The van der Waals surface area contributed by atoms with E-state index in [2.05, 4.69) is 43.2 Å². The predicted octanol–water partition coefficient (Wildman–Crippen LogP) is 2.67. The largest absolute Gasteiger partial charge is 0.319 e. The van der Waals surface area contributed by atoms with Crippen molar-refractivity contribution in [1.82, 2.24) is 9.78 Å². The van der Waals surface area contributed by atoms with Crippen molar-refractivity contribution in [2.24, 2.45) is 18.7 Å². The summed E-state index contributed by atoms with van der Waals surface area (Å²) in [6.07, 6.45) is 2.87. The van der Waals surface area contributed by atoms with E-state index in [1.807, 2.05) is 17.8 Å². The van der Waals surface area contributed by atoms with Gasteiger partial charge in [-0.2, -0.15) is 5.10 Å². The van der Waals surface area contributed by atoms with Crippen molar-refractivity contribution in [3.05, 3.63) is 53.3 Å². The van der Waals surface area contributed by atoms with Gasteiger partial charge in [-0.1, -0.05) is 38.1 Å². The third-order valence-corrected chi connectivity index (χ3v) is 3.13. The number of benzene rings is 1. The van der Waals surface area contributed by atoms with Crippen molar-refractivity contribution < 1.29 is 0 Å². The zero-order chi connectivity index (χ0) is 13.1. The molecule has 0 aliphatic rings. The first-order valence-corrected chi connectivity index (χ1v) is 6.40. The van der Waals surface area contributed by atoms with E-state index in [9.17, 15) is 0 Å². The average molecular weight is 243 g/mol. The number of hydrogen-bond acceptors (Lipinski definition) is 2. The molecule has 2 aromatic rings. The van der Waals surface area contributed by atoms with Crippen molar-refractivity contribution in [1.29, 1.82) is 0 Å². The van der Waals surface area contributed by atoms with Gasteiger partial charge in [-0.05, 0) is 29.5 Å². The monoisotopic (exact) mass is 243 g/mol. The number of rotatable bonds is 4. The van der Waals surface area contributed by atoms with Gasteiger partial charge >= 0.3 is 0 Å². The molecule has 1 aromatic carbocycles. The summed E-state index contributed by atoms with van der Waals surface area (Å²) < 4.78 is 1.83. The summed E-state index contributed by atoms with van der Waals surface area (Å²) in [6.45, 7) is 4.46. The Morgan fingerprint density at radius 2 is 2.06 bits per heavy atom. The average Bonchev–Trinajstić information content (AvgIpc) is 2.74. The third-order valence-electron chi connectivity index (χ3n) is 3.13. The Morgan fingerprint density at radius 1 is 1.28 bits per heavy atom. The smallest absolute Gasteiger partial charge is 0.0723 e. The zero-order valence-electron chi connectivity index (χ0n) is 11.3. The first-order chi connectivity index (χ1) is 8.58. The van der Waals surface area contributed by atoms with Crippen LogP contribution in [0.25, 0.3) is 0 Å². The number of nitrogens with zero attached hydrogens (tertiary/aromatic N) is 2. The molecule has 1 heterocycles. The minimum absolute atomic E-state index is 0.107. The van der Waals surface area contributed by atoms with Crippen LogP contribution in [0.5, 0.6) is 0 Å². The van der Waals surface area contributed by atoms with Gasteiger partial charge in [0.05, 0.1) is 11.7 Å². The van der Waals surface area contributed by atoms with Crippen LogP contribution in [0.4, 0.5) is 0 Å². The normalized spacial score (nSPS) is 12.9. The Labute approximate surface area is 109 Å². The van der Waals surface area contributed by atoms with E-state index >= 15 is 0 Å². The molecule has 0 saturated heterocycles. The van der Waals surface area contributed by atoms with Gasteiger partial charge in [0, 0.05) is 13.2 Å². The summed E-state index contributed by atoms with van der Waals surface area (Å²) in [5.41, 5.74) is 9.84. The molecule has 2 N–H and O–H groups in total. The summed E-state index contributed by atoms with van der Waals surface area (Å²) in [7, 11) is 1.92. The molecule has 1 aromatic heterocycles. The Morgan fingerprint density at radius 3 is 2.67 bits per heavy atom. The highest BCUT2D eigenvalue weighted by Crippen LogP contribution is 2.20. The van der Waals surface area contributed by atoms with Gasteiger partial charge in [0.15, 0.2) is 0 Å². The minimum Gasteiger partial charge on any atom is -0.319 e. The second kappa shape index (κ2) is 5.36. The van der Waals surface area contributed by atoms with Crippen molar-refractivity contribution in [2.75, 3.05) is 0 Å². The van der Waals surface area contributed by atoms with Crippen LogP contribution in [0, 0.1) is 5.92 Å². The predicted molar refractivity (Wildman–Crippen MR) is 74.2 cm³/mol. The summed E-state index contributed by atoms with van der Waals surface area (Å²) in [6, 6.07) is 10.4. The van der Waals surface area contributed by atoms with Gasteiger partial charge in [-0.3, -0.25) is 4.68 Å². The summed E-state index contributed by atoms with van der Waals surface area (Å²) in [5.74, 6) is 0.660. The van der Waals surface area contributed by atoms with E-state index in [0.717, 1.165) is 17.7 Å². The molecular formula is C15H21N3. The molecule has 96 valence electrons. The van der Waals surface area contributed by atoms with Crippen LogP contribution >= 0.6 is 0 Å². The van der Waals surface area contributed by atoms with Crippen LogP contribution < -0.4 is 5.73 Å². The molecule has 0 fully saturated rings. The fourth-order valence-corrected chi connectivity index (χ4v) is 2.24. The van der Waals surface area contributed by atoms with Crippen LogP contribution in [-0.4, -0.2) is 9.78 Å². The highest BCUT2D eigenvalue weighted by atomic mass is 15.3. The maximum atomic E-state index is 6.30. The number of hydrogen-bond donors (Lipinski definition) is 1. The second-order valence-electron chi connectivity index (χ2n) is 5.20. The van der Waals surface area contributed by atoms with E-state index in [0.29, 0.717) is 5.92 Å². The maximum absolute atomic E-state index is 6.30. The fraction of sp³-hybridized carbons (Fsp3) is 0.400. The van der Waals surface area contributed by atoms with Gasteiger partial charge in [0.25, 0.3) is 0 Å². The van der Waals surface area contributed by atoms with Gasteiger partial charge in [-0.15, -0.1) is 0 Å². The molecular weight excluding hydrogens is 222 g/mol. The number of nitrogens with two attached hydrogens (primary N) is 1. The van der Waals surface area contributed by atoms with Crippen LogP contribution in [0.1, 0.15) is 36.7 Å². The molecule has 0 aliphatic carbocycles. The van der Waals surface area contributed by atoms with Crippen molar-refractivity contribution in [3.63, 3.8) is 0 Å². The molecule has 0 radical (unpaired) electrons. The Kier molecular flexibility index (Phi) is 3.82. The molecule has 0 aliphatic heterocycles. The van der Waals surface area contributed by atoms with Crippen molar-refractivity contribution in [3.8, 4) is 0 Å². The van der Waals surface area contributed by atoms with Gasteiger partial charge in [-0.25, -0.2) is 0 Å². The number of aromatic nitrogens is 2. The molecule has 0 saturated carbocycles. The summed E-state index contributed by atoms with van der Waals surface area (Å²) in [4.78, 5) is 0. The molecule has 18 heavy (non-hydrogen) atoms. The topological polar surface area (TPSA) is 43.8 Å². The molecule has 0 bridgehead atoms. The first kappa shape index (κ1) is 12.8. The SMILES string of the molecule is CC(C)Cc1cccc(C(N)c2ccnn2C)c1. The van der Waals surface area contributed by atoms with E-state index in [1.54, 1.807) is 6.20 Å². The van der Waals surface area contributed by atoms with E-state index in [-0.39, 0.29) is 6.04 Å². The highest BCUT2D eigenvalue weighted by Gasteiger charge is 2.12. The van der Waals surface area contributed by atoms with Crippen LogP contribution in [0.2, 0.25) is 0 Å². The standard InChI is InChI=1S/C15H21N3/c1-11(2)9-12-5-4-6-13(10-12)15(16)14-7-8-17-18(14)3/h4-8,10-11,15H,9,16H2,1-3H3. The van der Waals surface area contributed by atoms with Crippen LogP contribution in [-0.2, 0) is 13.5 Å². The molecule has 1 unspecified atom stereocenters. The Hall–Kier alpha value is -1.61. The molecule has 3 nitrogen and oxygen atoms in total. The lowest BCUT2D eigenvalue weighted by Gasteiger charge is -2.14. The zero-order valence-corrected chi connectivity index (χ0v) is 11.3. The van der Waals surface area contributed by atoms with Crippen LogP contribution in [0.3, 0.4) is 0 Å². The molecule has 1 atom stereocenters. The van der Waals surface area contributed by atoms with E-state index in [4.69, 9.17) is 5.73 Å². The van der Waals surface area contributed by atoms with Gasteiger partial charge < -0.3 is 5.73 Å². The molecule has 0 amide bonds. The lowest BCUT2D eigenvalue weighted by atomic mass is 9.97. The van der Waals surface area contributed by atoms with Crippen molar-refractivity contribution >= 4 is 0 Å². The molecule has 0 spiro atoms. The Bertz CT molecular complexity index is 514. The lowest BCUT2D eigenvalue weighted by Crippen LogP contribution is -2.16. The lowest BCUT2D eigenvalue weighted by molar-refractivity contribution is 0.643. The molecule has 3 heteroatoms. The third kappa shape index (κ3) is 2.79. The van der Waals surface area contributed by atoms with Gasteiger partial charge in [0.2, 0.25) is 0 Å². The van der Waals surface area contributed by atoms with E-state index < -0.39 is 0 Å². The van der Waals surface area contributed by atoms with Gasteiger partial charge in [0.1, 0.15) is 0 Å². The fourth-order valence-electron chi connectivity index (χ4n) is 2.24. The first-order valence-electron chi connectivity index (χ1n) is 6.40. The molecule has 2 rings (SSSR count). The van der Waals surface area contributed by atoms with Crippen molar-refractivity contribution in [2.45, 2.75) is 26.3 Å². The minimum atomic E-state index is -0.107. The summed E-state index contributed by atoms with van der Waals surface area (Å²) in [5, 5.41) is 4.17. The highest BCUT2D eigenvalue weighted by molar-refractivity contribution is 5.31. The quantitative estimate of drug-likeness (QED) is 0.897. The second-order valence-corrected chi connectivity index (χ2v) is 5.20. The summed E-state index contributed by atoms with van der Waals surface area (Å²) >= 11 is 0. The van der Waals surface area contributed by atoms with E-state index in [1.165, 1.54) is 5.56 Å².